The summed E-state index contributed by atoms with van der Waals surface area (Å²) in [5.41, 5.74) is 0. The van der Waals surface area contributed by atoms with Crippen molar-refractivity contribution in [2.24, 2.45) is 0 Å². The van der Waals surface area contributed by atoms with Crippen LogP contribution >= 0.6 is 0 Å². The predicted octanol–water partition coefficient (Wildman–Crippen LogP) is 0.0651. The quantitative estimate of drug-likeness (QED) is 0.722. The fraction of sp³-hybridized carbons (Fsp3) is 0.750. The van der Waals surface area contributed by atoms with E-state index < -0.39 is 12.1 Å². The smallest absolute Gasteiger partial charge is 0.328 e. The molecular weight excluding hydrogens is 236 g/mol. The van der Waals surface area contributed by atoms with Gasteiger partial charge in [-0.25, -0.2) is 4.79 Å². The van der Waals surface area contributed by atoms with Crippen LogP contribution in [0.15, 0.2) is 0 Å². The summed E-state index contributed by atoms with van der Waals surface area (Å²) >= 11 is 0. The lowest BCUT2D eigenvalue weighted by molar-refractivity contribution is -0.153. The van der Waals surface area contributed by atoms with E-state index in [1.54, 1.807) is 13.8 Å². The van der Waals surface area contributed by atoms with E-state index in [0.717, 1.165) is 6.42 Å². The molecule has 0 aromatic heterocycles. The largest absolute Gasteiger partial charge is 0.464 e. The van der Waals surface area contributed by atoms with Crippen LogP contribution in [0, 0.1) is 0 Å². The molecule has 18 heavy (non-hydrogen) atoms. The monoisotopic (exact) mass is 256 g/mol. The lowest BCUT2D eigenvalue weighted by Crippen LogP contribution is -2.50. The first kappa shape index (κ1) is 14.5. The van der Waals surface area contributed by atoms with Crippen molar-refractivity contribution < 1.29 is 19.1 Å². The normalized spacial score (nSPS) is 20.4. The van der Waals surface area contributed by atoms with Gasteiger partial charge >= 0.3 is 5.97 Å². The Bertz CT molecular complexity index is 343. The van der Waals surface area contributed by atoms with Gasteiger partial charge < -0.3 is 15.0 Å². The van der Waals surface area contributed by atoms with E-state index in [1.807, 2.05) is 0 Å². The lowest BCUT2D eigenvalue weighted by atomic mass is 10.2. The zero-order chi connectivity index (χ0) is 13.7. The summed E-state index contributed by atoms with van der Waals surface area (Å²) in [4.78, 5) is 36.2. The molecule has 1 N–H and O–H groups in total. The molecule has 1 saturated heterocycles. The van der Waals surface area contributed by atoms with Gasteiger partial charge in [-0.2, -0.15) is 0 Å². The second-order valence-corrected chi connectivity index (χ2v) is 4.36. The Morgan fingerprint density at radius 1 is 1.44 bits per heavy atom. The van der Waals surface area contributed by atoms with Crippen molar-refractivity contribution >= 4 is 17.8 Å². The summed E-state index contributed by atoms with van der Waals surface area (Å²) in [6.07, 6.45) is 1.40. The van der Waals surface area contributed by atoms with E-state index >= 15 is 0 Å². The van der Waals surface area contributed by atoms with Crippen LogP contribution in [0.2, 0.25) is 0 Å². The molecule has 1 rings (SSSR count). The highest BCUT2D eigenvalue weighted by Crippen LogP contribution is 2.19. The number of nitrogens with zero attached hydrogens (tertiary/aromatic N) is 1. The molecule has 1 aliphatic rings. The molecule has 1 fully saturated rings. The molecule has 102 valence electrons. The Morgan fingerprint density at radius 2 is 2.11 bits per heavy atom. The van der Waals surface area contributed by atoms with Gasteiger partial charge in [0.25, 0.3) is 0 Å². The van der Waals surface area contributed by atoms with Crippen LogP contribution in [0.3, 0.4) is 0 Å². The minimum atomic E-state index is -0.613. The number of amides is 2. The third kappa shape index (κ3) is 3.45. The molecule has 0 radical (unpaired) electrons. The van der Waals surface area contributed by atoms with E-state index in [4.69, 9.17) is 4.74 Å². The standard InChI is InChI=1S/C12H20N2O4/c1-4-18-12(17)10-6-5-7-14(10)11(16)8(2)13-9(3)15/h8,10H,4-7H2,1-3H3,(H,13,15). The molecule has 0 bridgehead atoms. The Labute approximate surface area is 107 Å². The third-order valence-electron chi connectivity index (χ3n) is 2.88. The molecular formula is C12H20N2O4. The highest BCUT2D eigenvalue weighted by atomic mass is 16.5. The number of carbonyl (C=O) groups is 3. The maximum absolute atomic E-state index is 12.1. The van der Waals surface area contributed by atoms with E-state index in [0.29, 0.717) is 19.6 Å². The number of hydrogen-bond acceptors (Lipinski definition) is 4. The molecule has 1 aliphatic heterocycles. The first-order valence-corrected chi connectivity index (χ1v) is 6.21. The highest BCUT2D eigenvalue weighted by Gasteiger charge is 2.36. The van der Waals surface area contributed by atoms with Crippen LogP contribution in [0.25, 0.3) is 0 Å². The van der Waals surface area contributed by atoms with Crippen molar-refractivity contribution in [1.29, 1.82) is 0 Å². The molecule has 6 heteroatoms. The Morgan fingerprint density at radius 3 is 2.67 bits per heavy atom. The molecule has 0 aliphatic carbocycles. The minimum absolute atomic E-state index is 0.235. The Kier molecular flexibility index (Phi) is 5.12. The van der Waals surface area contributed by atoms with Gasteiger partial charge in [-0.15, -0.1) is 0 Å². The van der Waals surface area contributed by atoms with Gasteiger partial charge in [-0.3, -0.25) is 9.59 Å². The van der Waals surface area contributed by atoms with Crippen molar-refractivity contribution in [2.75, 3.05) is 13.2 Å². The van der Waals surface area contributed by atoms with Gasteiger partial charge in [0.15, 0.2) is 0 Å². The molecule has 2 unspecified atom stereocenters. The Hall–Kier alpha value is -1.59. The van der Waals surface area contributed by atoms with Crippen molar-refractivity contribution in [3.63, 3.8) is 0 Å². The summed E-state index contributed by atoms with van der Waals surface area (Å²) in [5, 5.41) is 2.53. The molecule has 0 aromatic carbocycles. The van der Waals surface area contributed by atoms with Gasteiger partial charge in [0.2, 0.25) is 11.8 Å². The van der Waals surface area contributed by atoms with Gasteiger partial charge in [0, 0.05) is 13.5 Å². The number of ether oxygens (including phenoxy) is 1. The summed E-state index contributed by atoms with van der Waals surface area (Å²) in [6.45, 7) is 5.55. The third-order valence-corrected chi connectivity index (χ3v) is 2.88. The highest BCUT2D eigenvalue weighted by molar-refractivity contribution is 5.90. The number of carbonyl (C=O) groups excluding carboxylic acids is 3. The maximum Gasteiger partial charge on any atom is 0.328 e. The molecule has 0 spiro atoms. The first-order valence-electron chi connectivity index (χ1n) is 6.21. The van der Waals surface area contributed by atoms with Crippen molar-refractivity contribution in [3.8, 4) is 0 Å². The summed E-state index contributed by atoms with van der Waals surface area (Å²) in [7, 11) is 0. The summed E-state index contributed by atoms with van der Waals surface area (Å²) < 4.78 is 4.95. The van der Waals surface area contributed by atoms with Crippen molar-refractivity contribution in [2.45, 2.75) is 45.7 Å². The maximum atomic E-state index is 12.1. The van der Waals surface area contributed by atoms with Crippen LogP contribution in [-0.4, -0.2) is 47.9 Å². The van der Waals surface area contributed by atoms with Gasteiger partial charge in [-0.05, 0) is 26.7 Å². The molecule has 0 saturated carbocycles. The van der Waals surface area contributed by atoms with Crippen LogP contribution in [-0.2, 0) is 19.1 Å². The van der Waals surface area contributed by atoms with Crippen LogP contribution in [0.5, 0.6) is 0 Å². The molecule has 6 nitrogen and oxygen atoms in total. The second kappa shape index (κ2) is 6.37. The molecule has 2 atom stereocenters. The molecule has 1 heterocycles. The zero-order valence-corrected chi connectivity index (χ0v) is 11.1. The number of rotatable bonds is 4. The fourth-order valence-corrected chi connectivity index (χ4v) is 2.13. The molecule has 0 aromatic rings. The lowest BCUT2D eigenvalue weighted by Gasteiger charge is -2.26. The van der Waals surface area contributed by atoms with Crippen LogP contribution in [0.4, 0.5) is 0 Å². The number of hydrogen-bond donors (Lipinski definition) is 1. The average molecular weight is 256 g/mol. The summed E-state index contributed by atoms with van der Waals surface area (Å²) in [5.74, 6) is -0.859. The zero-order valence-electron chi connectivity index (χ0n) is 11.1. The molecule has 2 amide bonds. The minimum Gasteiger partial charge on any atom is -0.464 e. The van der Waals surface area contributed by atoms with E-state index in [-0.39, 0.29) is 17.8 Å². The van der Waals surface area contributed by atoms with Crippen LogP contribution < -0.4 is 5.32 Å². The number of likely N-dealkylation sites (tertiary alicyclic amines) is 1. The van der Waals surface area contributed by atoms with Gasteiger partial charge in [-0.1, -0.05) is 0 Å². The Balaban J connectivity index is 2.66. The van der Waals surface area contributed by atoms with Crippen LogP contribution in [0.1, 0.15) is 33.6 Å². The average Bonchev–Trinajstić information content (AvgIpc) is 2.76. The number of nitrogens with one attached hydrogen (secondary N) is 1. The van der Waals surface area contributed by atoms with Crippen molar-refractivity contribution in [3.05, 3.63) is 0 Å². The summed E-state index contributed by atoms with van der Waals surface area (Å²) in [6, 6.07) is -1.12. The predicted molar refractivity (Wildman–Crippen MR) is 64.6 cm³/mol. The topological polar surface area (TPSA) is 75.7 Å². The van der Waals surface area contributed by atoms with Gasteiger partial charge in [0.1, 0.15) is 12.1 Å². The number of esters is 1. The second-order valence-electron chi connectivity index (χ2n) is 4.36. The van der Waals surface area contributed by atoms with Gasteiger partial charge in [0.05, 0.1) is 6.61 Å². The van der Waals surface area contributed by atoms with E-state index in [9.17, 15) is 14.4 Å². The fourth-order valence-electron chi connectivity index (χ4n) is 2.13. The first-order chi connectivity index (χ1) is 8.47. The van der Waals surface area contributed by atoms with E-state index in [2.05, 4.69) is 5.32 Å². The van der Waals surface area contributed by atoms with E-state index in [1.165, 1.54) is 11.8 Å². The van der Waals surface area contributed by atoms with Crippen molar-refractivity contribution in [1.82, 2.24) is 10.2 Å². The SMILES string of the molecule is CCOC(=O)C1CCCN1C(=O)C(C)NC(C)=O.